The highest BCUT2D eigenvalue weighted by Crippen LogP contribution is 2.21. The number of nitrogens with zero attached hydrogens (tertiary/aromatic N) is 3. The number of amides is 1. The average molecular weight is 357 g/mol. The second kappa shape index (κ2) is 7.65. The van der Waals surface area contributed by atoms with Gasteiger partial charge in [0.15, 0.2) is 5.13 Å². The quantitative estimate of drug-likeness (QED) is 0.650. The SMILES string of the molecule is CC(=NNC(=O)c1sc(N)nc1C)c1ccc(N2CCCCC2)cc1. The van der Waals surface area contributed by atoms with Crippen molar-refractivity contribution in [1.29, 1.82) is 0 Å². The van der Waals surface area contributed by atoms with Gasteiger partial charge in [-0.05, 0) is 50.8 Å². The zero-order valence-corrected chi connectivity index (χ0v) is 15.4. The van der Waals surface area contributed by atoms with Gasteiger partial charge in [-0.15, -0.1) is 0 Å². The van der Waals surface area contributed by atoms with Gasteiger partial charge < -0.3 is 10.6 Å². The van der Waals surface area contributed by atoms with Crippen LogP contribution in [0.2, 0.25) is 0 Å². The number of aromatic nitrogens is 1. The number of aryl methyl sites for hydroxylation is 1. The predicted molar refractivity (Wildman–Crippen MR) is 103 cm³/mol. The van der Waals surface area contributed by atoms with Crippen LogP contribution in [-0.4, -0.2) is 29.7 Å². The van der Waals surface area contributed by atoms with E-state index in [1.165, 1.54) is 36.3 Å². The molecular weight excluding hydrogens is 334 g/mol. The van der Waals surface area contributed by atoms with Crippen molar-refractivity contribution in [2.75, 3.05) is 23.7 Å². The van der Waals surface area contributed by atoms with Crippen molar-refractivity contribution in [3.63, 3.8) is 0 Å². The number of carbonyl (C=O) groups excluding carboxylic acids is 1. The molecule has 2 aromatic rings. The van der Waals surface area contributed by atoms with E-state index in [1.807, 2.05) is 19.1 Å². The minimum Gasteiger partial charge on any atom is -0.375 e. The van der Waals surface area contributed by atoms with Gasteiger partial charge in [0.25, 0.3) is 5.91 Å². The summed E-state index contributed by atoms with van der Waals surface area (Å²) >= 11 is 1.17. The molecule has 3 N–H and O–H groups in total. The molecule has 0 radical (unpaired) electrons. The fourth-order valence-corrected chi connectivity index (χ4v) is 3.67. The van der Waals surface area contributed by atoms with E-state index in [1.54, 1.807) is 6.92 Å². The van der Waals surface area contributed by atoms with Crippen LogP contribution in [-0.2, 0) is 0 Å². The molecule has 0 bridgehead atoms. The second-order valence-electron chi connectivity index (χ2n) is 6.20. The molecular formula is C18H23N5OS. The third kappa shape index (κ3) is 4.17. The van der Waals surface area contributed by atoms with Crippen molar-refractivity contribution < 1.29 is 4.79 Å². The predicted octanol–water partition coefficient (Wildman–Crippen LogP) is 3.18. The zero-order valence-electron chi connectivity index (χ0n) is 14.6. The maximum absolute atomic E-state index is 12.2. The van der Waals surface area contributed by atoms with Crippen LogP contribution in [0.3, 0.4) is 0 Å². The van der Waals surface area contributed by atoms with Gasteiger partial charge in [-0.3, -0.25) is 4.79 Å². The van der Waals surface area contributed by atoms with Crippen molar-refractivity contribution in [2.24, 2.45) is 5.10 Å². The Bertz CT molecular complexity index is 775. The number of rotatable bonds is 4. The fourth-order valence-electron chi connectivity index (χ4n) is 2.94. The van der Waals surface area contributed by atoms with Crippen LogP contribution < -0.4 is 16.1 Å². The standard InChI is InChI=1S/C18H23N5OS/c1-12(21-22-17(24)16-13(2)20-18(19)25-16)14-6-8-15(9-7-14)23-10-4-3-5-11-23/h6-9H,3-5,10-11H2,1-2H3,(H2,19,20)(H,22,24). The van der Waals surface area contributed by atoms with Gasteiger partial charge in [-0.2, -0.15) is 5.10 Å². The fraction of sp³-hybridized carbons (Fsp3) is 0.389. The van der Waals surface area contributed by atoms with E-state index in [0.717, 1.165) is 24.4 Å². The number of thiazole rings is 1. The number of hydrogen-bond acceptors (Lipinski definition) is 6. The van der Waals surface area contributed by atoms with Crippen LogP contribution >= 0.6 is 11.3 Å². The van der Waals surface area contributed by atoms with Crippen LogP contribution in [0, 0.1) is 6.92 Å². The molecule has 2 heterocycles. The Labute approximate surface area is 151 Å². The van der Waals surface area contributed by atoms with Crippen molar-refractivity contribution in [2.45, 2.75) is 33.1 Å². The summed E-state index contributed by atoms with van der Waals surface area (Å²) in [6.07, 6.45) is 3.84. The van der Waals surface area contributed by atoms with Crippen molar-refractivity contribution in [1.82, 2.24) is 10.4 Å². The lowest BCUT2D eigenvalue weighted by Gasteiger charge is -2.28. The van der Waals surface area contributed by atoms with Crippen LogP contribution in [0.25, 0.3) is 0 Å². The third-order valence-electron chi connectivity index (χ3n) is 4.35. The summed E-state index contributed by atoms with van der Waals surface area (Å²) in [4.78, 5) is 19.1. The van der Waals surface area contributed by atoms with E-state index in [4.69, 9.17) is 5.73 Å². The second-order valence-corrected chi connectivity index (χ2v) is 7.23. The normalized spacial score (nSPS) is 15.3. The third-order valence-corrected chi connectivity index (χ3v) is 5.34. The summed E-state index contributed by atoms with van der Waals surface area (Å²) < 4.78 is 0. The van der Waals surface area contributed by atoms with Gasteiger partial charge in [0, 0.05) is 18.8 Å². The molecule has 1 aromatic heterocycles. The molecule has 0 spiro atoms. The number of nitrogens with two attached hydrogens (primary N) is 1. The lowest BCUT2D eigenvalue weighted by atomic mass is 10.1. The molecule has 6 nitrogen and oxygen atoms in total. The van der Waals surface area contributed by atoms with Gasteiger partial charge in [-0.1, -0.05) is 23.5 Å². The van der Waals surface area contributed by atoms with E-state index < -0.39 is 0 Å². The molecule has 0 aliphatic carbocycles. The first-order valence-electron chi connectivity index (χ1n) is 8.47. The van der Waals surface area contributed by atoms with E-state index in [0.29, 0.717) is 15.7 Å². The van der Waals surface area contributed by atoms with E-state index in [9.17, 15) is 4.79 Å². The summed E-state index contributed by atoms with van der Waals surface area (Å²) in [5, 5.41) is 4.59. The lowest BCUT2D eigenvalue weighted by Crippen LogP contribution is -2.29. The van der Waals surface area contributed by atoms with Gasteiger partial charge in [0.05, 0.1) is 11.4 Å². The molecule has 3 rings (SSSR count). The topological polar surface area (TPSA) is 83.6 Å². The highest BCUT2D eigenvalue weighted by molar-refractivity contribution is 7.17. The zero-order chi connectivity index (χ0) is 17.8. The Morgan fingerprint density at radius 1 is 1.24 bits per heavy atom. The number of hydrogen-bond donors (Lipinski definition) is 2. The van der Waals surface area contributed by atoms with Crippen LogP contribution in [0.4, 0.5) is 10.8 Å². The Hall–Kier alpha value is -2.41. The Morgan fingerprint density at radius 2 is 1.92 bits per heavy atom. The van der Waals surface area contributed by atoms with Gasteiger partial charge in [-0.25, -0.2) is 10.4 Å². The van der Waals surface area contributed by atoms with E-state index >= 15 is 0 Å². The van der Waals surface area contributed by atoms with Crippen molar-refractivity contribution in [3.05, 3.63) is 40.4 Å². The number of hydrazone groups is 1. The maximum Gasteiger partial charge on any atom is 0.283 e. The van der Waals surface area contributed by atoms with Crippen LogP contribution in [0.5, 0.6) is 0 Å². The number of nitrogen functional groups attached to an aromatic ring is 1. The van der Waals surface area contributed by atoms with Gasteiger partial charge >= 0.3 is 0 Å². The summed E-state index contributed by atoms with van der Waals surface area (Å²) in [5.41, 5.74) is 11.8. The van der Waals surface area contributed by atoms with Crippen molar-refractivity contribution >= 4 is 33.8 Å². The Balaban J connectivity index is 1.65. The molecule has 25 heavy (non-hydrogen) atoms. The smallest absolute Gasteiger partial charge is 0.283 e. The van der Waals surface area contributed by atoms with Crippen LogP contribution in [0.1, 0.15) is 47.1 Å². The van der Waals surface area contributed by atoms with Crippen LogP contribution in [0.15, 0.2) is 29.4 Å². The highest BCUT2D eigenvalue weighted by atomic mass is 32.1. The summed E-state index contributed by atoms with van der Waals surface area (Å²) in [6, 6.07) is 8.33. The van der Waals surface area contributed by atoms with Crippen molar-refractivity contribution in [3.8, 4) is 0 Å². The minimum atomic E-state index is -0.281. The van der Waals surface area contributed by atoms with Gasteiger partial charge in [0.2, 0.25) is 0 Å². The number of nitrogens with one attached hydrogen (secondary N) is 1. The molecule has 7 heteroatoms. The minimum absolute atomic E-state index is 0.281. The largest absolute Gasteiger partial charge is 0.375 e. The monoisotopic (exact) mass is 357 g/mol. The number of piperidine rings is 1. The molecule has 0 saturated carbocycles. The highest BCUT2D eigenvalue weighted by Gasteiger charge is 2.14. The molecule has 1 saturated heterocycles. The summed E-state index contributed by atoms with van der Waals surface area (Å²) in [5.74, 6) is -0.281. The van der Waals surface area contributed by atoms with Gasteiger partial charge in [0.1, 0.15) is 4.88 Å². The Kier molecular flexibility index (Phi) is 5.33. The van der Waals surface area contributed by atoms with E-state index in [2.05, 4.69) is 32.5 Å². The molecule has 1 amide bonds. The Morgan fingerprint density at radius 3 is 2.52 bits per heavy atom. The molecule has 1 aliphatic rings. The lowest BCUT2D eigenvalue weighted by molar-refractivity contribution is 0.0958. The number of anilines is 2. The number of carbonyl (C=O) groups is 1. The molecule has 1 fully saturated rings. The first-order valence-corrected chi connectivity index (χ1v) is 9.29. The molecule has 132 valence electrons. The summed E-state index contributed by atoms with van der Waals surface area (Å²) in [6.45, 7) is 5.89. The number of benzene rings is 1. The van der Waals surface area contributed by atoms with E-state index in [-0.39, 0.29) is 5.91 Å². The molecule has 1 aromatic carbocycles. The first kappa shape index (κ1) is 17.4. The molecule has 0 atom stereocenters. The summed E-state index contributed by atoms with van der Waals surface area (Å²) in [7, 11) is 0. The first-order chi connectivity index (χ1) is 12.0. The molecule has 1 aliphatic heterocycles. The maximum atomic E-state index is 12.2. The average Bonchev–Trinajstić information content (AvgIpc) is 2.98. The molecule has 0 unspecified atom stereocenters.